The Labute approximate surface area is 150 Å². The van der Waals surface area contributed by atoms with Crippen molar-refractivity contribution in [2.24, 2.45) is 0 Å². The predicted octanol–water partition coefficient (Wildman–Crippen LogP) is 3.30. The standard InChI is InChI=1S/C17H20ClN3O4/c1-17(2,3)25-16(23)19-13-9-14(18)20-21(15(13)22)10-11-5-7-12(24-4)8-6-11/h5-9H,10H2,1-4H3,(H,19,23). The fourth-order valence-electron chi connectivity index (χ4n) is 2.02. The average Bonchev–Trinajstić information content (AvgIpc) is 2.50. The Kier molecular flexibility index (Phi) is 5.69. The highest BCUT2D eigenvalue weighted by atomic mass is 35.5. The smallest absolute Gasteiger partial charge is 0.412 e. The largest absolute Gasteiger partial charge is 0.497 e. The molecule has 8 heteroatoms. The number of aromatic nitrogens is 2. The van der Waals surface area contributed by atoms with Crippen molar-refractivity contribution >= 4 is 23.4 Å². The summed E-state index contributed by atoms with van der Waals surface area (Å²) in [6.45, 7) is 5.39. The predicted molar refractivity (Wildman–Crippen MR) is 95.5 cm³/mol. The van der Waals surface area contributed by atoms with Gasteiger partial charge in [0.05, 0.1) is 13.7 Å². The molecule has 134 valence electrons. The van der Waals surface area contributed by atoms with Crippen molar-refractivity contribution in [2.75, 3.05) is 12.4 Å². The summed E-state index contributed by atoms with van der Waals surface area (Å²) >= 11 is 5.97. The van der Waals surface area contributed by atoms with E-state index in [2.05, 4.69) is 10.4 Å². The normalized spacial score (nSPS) is 11.1. The molecule has 2 rings (SSSR count). The summed E-state index contributed by atoms with van der Waals surface area (Å²) < 4.78 is 11.4. The molecule has 0 spiro atoms. The number of rotatable bonds is 4. The summed E-state index contributed by atoms with van der Waals surface area (Å²) in [5.74, 6) is 0.711. The average molecular weight is 366 g/mol. The lowest BCUT2D eigenvalue weighted by Crippen LogP contribution is -2.32. The molecule has 7 nitrogen and oxygen atoms in total. The van der Waals surface area contributed by atoms with Crippen LogP contribution in [0.2, 0.25) is 5.15 Å². The van der Waals surface area contributed by atoms with E-state index in [0.29, 0.717) is 5.75 Å². The van der Waals surface area contributed by atoms with E-state index in [1.165, 1.54) is 10.7 Å². The molecule has 2 aromatic rings. The molecule has 0 aliphatic rings. The van der Waals surface area contributed by atoms with Crippen molar-refractivity contribution in [3.63, 3.8) is 0 Å². The van der Waals surface area contributed by atoms with Gasteiger partial charge in [-0.3, -0.25) is 10.1 Å². The number of nitrogens with one attached hydrogen (secondary N) is 1. The molecule has 0 aliphatic carbocycles. The highest BCUT2D eigenvalue weighted by molar-refractivity contribution is 6.29. The number of nitrogens with zero attached hydrogens (tertiary/aromatic N) is 2. The Morgan fingerprint density at radius 1 is 1.28 bits per heavy atom. The Balaban J connectivity index is 2.23. The number of methoxy groups -OCH3 is 1. The number of halogens is 1. The zero-order valence-electron chi connectivity index (χ0n) is 14.5. The molecule has 1 amide bonds. The Morgan fingerprint density at radius 3 is 2.48 bits per heavy atom. The third-order valence-corrected chi connectivity index (χ3v) is 3.26. The van der Waals surface area contributed by atoms with Gasteiger partial charge >= 0.3 is 6.09 Å². The van der Waals surface area contributed by atoms with Gasteiger partial charge in [-0.1, -0.05) is 23.7 Å². The van der Waals surface area contributed by atoms with Crippen LogP contribution in [0.5, 0.6) is 5.75 Å². The number of carbonyl (C=O) groups is 1. The first-order valence-corrected chi connectivity index (χ1v) is 7.96. The minimum Gasteiger partial charge on any atom is -0.497 e. The summed E-state index contributed by atoms with van der Waals surface area (Å²) in [6.07, 6.45) is -0.733. The first-order valence-electron chi connectivity index (χ1n) is 7.58. The number of hydrogen-bond donors (Lipinski definition) is 1. The van der Waals surface area contributed by atoms with E-state index in [-0.39, 0.29) is 17.4 Å². The number of amides is 1. The SMILES string of the molecule is COc1ccc(Cn2nc(Cl)cc(NC(=O)OC(C)(C)C)c2=O)cc1. The molecule has 0 atom stereocenters. The lowest BCUT2D eigenvalue weighted by Gasteiger charge is -2.19. The van der Waals surface area contributed by atoms with Crippen LogP contribution in [0.15, 0.2) is 35.1 Å². The first kappa shape index (κ1) is 18.8. The van der Waals surface area contributed by atoms with Crippen LogP contribution in [0, 0.1) is 0 Å². The van der Waals surface area contributed by atoms with Crippen LogP contribution in [0.4, 0.5) is 10.5 Å². The highest BCUT2D eigenvalue weighted by Crippen LogP contribution is 2.14. The second-order valence-electron chi connectivity index (χ2n) is 6.32. The van der Waals surface area contributed by atoms with E-state index >= 15 is 0 Å². The maximum Gasteiger partial charge on any atom is 0.412 e. The van der Waals surface area contributed by atoms with E-state index in [4.69, 9.17) is 21.1 Å². The van der Waals surface area contributed by atoms with Crippen LogP contribution >= 0.6 is 11.6 Å². The minimum atomic E-state index is -0.733. The number of benzene rings is 1. The molecule has 1 N–H and O–H groups in total. The van der Waals surface area contributed by atoms with E-state index in [1.807, 2.05) is 12.1 Å². The number of hydrogen-bond acceptors (Lipinski definition) is 5. The molecular formula is C17H20ClN3O4. The Bertz CT molecular complexity index is 810. The molecule has 1 heterocycles. The molecule has 0 aliphatic heterocycles. The second kappa shape index (κ2) is 7.57. The van der Waals surface area contributed by atoms with E-state index in [0.717, 1.165) is 5.56 Å². The monoisotopic (exact) mass is 365 g/mol. The lowest BCUT2D eigenvalue weighted by molar-refractivity contribution is 0.0635. The Morgan fingerprint density at radius 2 is 1.92 bits per heavy atom. The maximum absolute atomic E-state index is 12.5. The first-order chi connectivity index (χ1) is 11.7. The third kappa shape index (κ3) is 5.49. The second-order valence-corrected chi connectivity index (χ2v) is 6.71. The number of ether oxygens (including phenoxy) is 2. The lowest BCUT2D eigenvalue weighted by atomic mass is 10.2. The van der Waals surface area contributed by atoms with Gasteiger partial charge in [0.15, 0.2) is 5.15 Å². The zero-order chi connectivity index (χ0) is 18.6. The fourth-order valence-corrected chi connectivity index (χ4v) is 2.22. The van der Waals surface area contributed by atoms with E-state index in [1.54, 1.807) is 40.0 Å². The zero-order valence-corrected chi connectivity index (χ0v) is 15.3. The van der Waals surface area contributed by atoms with Gasteiger partial charge in [-0.25, -0.2) is 9.48 Å². The van der Waals surface area contributed by atoms with Crippen LogP contribution in [-0.4, -0.2) is 28.6 Å². The summed E-state index contributed by atoms with van der Waals surface area (Å²) in [7, 11) is 1.58. The van der Waals surface area contributed by atoms with Crippen molar-refractivity contribution in [2.45, 2.75) is 32.9 Å². The highest BCUT2D eigenvalue weighted by Gasteiger charge is 2.18. The van der Waals surface area contributed by atoms with Gasteiger partial charge in [0.25, 0.3) is 5.56 Å². The van der Waals surface area contributed by atoms with Gasteiger partial charge in [0, 0.05) is 6.07 Å². The van der Waals surface area contributed by atoms with E-state index < -0.39 is 17.3 Å². The maximum atomic E-state index is 12.5. The molecule has 1 aromatic carbocycles. The molecule has 1 aromatic heterocycles. The summed E-state index contributed by atoms with van der Waals surface area (Å²) in [4.78, 5) is 24.4. The van der Waals surface area contributed by atoms with Crippen LogP contribution in [-0.2, 0) is 11.3 Å². The number of carbonyl (C=O) groups excluding carboxylic acids is 1. The van der Waals surface area contributed by atoms with Gasteiger partial charge < -0.3 is 9.47 Å². The summed E-state index contributed by atoms with van der Waals surface area (Å²) in [5, 5.41) is 6.49. The molecule has 0 saturated heterocycles. The molecule has 0 fully saturated rings. The van der Waals surface area contributed by atoms with Crippen molar-refractivity contribution in [1.82, 2.24) is 9.78 Å². The van der Waals surface area contributed by atoms with Gasteiger partial charge in [-0.15, -0.1) is 0 Å². The van der Waals surface area contributed by atoms with E-state index in [9.17, 15) is 9.59 Å². The molecule has 25 heavy (non-hydrogen) atoms. The molecule has 0 unspecified atom stereocenters. The molecular weight excluding hydrogens is 346 g/mol. The molecule has 0 radical (unpaired) electrons. The minimum absolute atomic E-state index is 0.00256. The van der Waals surface area contributed by atoms with Crippen molar-refractivity contribution in [1.29, 1.82) is 0 Å². The van der Waals surface area contributed by atoms with Gasteiger partial charge in [-0.2, -0.15) is 5.10 Å². The topological polar surface area (TPSA) is 82.4 Å². The van der Waals surface area contributed by atoms with Crippen molar-refractivity contribution < 1.29 is 14.3 Å². The van der Waals surface area contributed by atoms with Crippen LogP contribution in [0.25, 0.3) is 0 Å². The summed E-state index contributed by atoms with van der Waals surface area (Å²) in [5.41, 5.74) is -0.321. The quantitative estimate of drug-likeness (QED) is 0.898. The fraction of sp³-hybridized carbons (Fsp3) is 0.353. The third-order valence-electron chi connectivity index (χ3n) is 3.07. The molecule has 0 bridgehead atoms. The van der Waals surface area contributed by atoms with Crippen LogP contribution < -0.4 is 15.6 Å². The van der Waals surface area contributed by atoms with Gasteiger partial charge in [0.2, 0.25) is 0 Å². The van der Waals surface area contributed by atoms with Crippen molar-refractivity contribution in [3.8, 4) is 5.75 Å². The van der Waals surface area contributed by atoms with Gasteiger partial charge in [-0.05, 0) is 38.5 Å². The Hall–Kier alpha value is -2.54. The number of anilines is 1. The summed E-state index contributed by atoms with van der Waals surface area (Å²) in [6, 6.07) is 8.48. The van der Waals surface area contributed by atoms with Gasteiger partial charge in [0.1, 0.15) is 17.0 Å². The van der Waals surface area contributed by atoms with Crippen LogP contribution in [0.1, 0.15) is 26.3 Å². The van der Waals surface area contributed by atoms with Crippen molar-refractivity contribution in [3.05, 3.63) is 51.4 Å². The molecule has 0 saturated carbocycles. The van der Waals surface area contributed by atoms with Crippen LogP contribution in [0.3, 0.4) is 0 Å².